The number of fused-ring (bicyclic) bond motifs is 1. The van der Waals surface area contributed by atoms with Crippen LogP contribution in [0, 0.1) is 13.8 Å². The predicted molar refractivity (Wildman–Crippen MR) is 53.4 cm³/mol. The highest BCUT2D eigenvalue weighted by atomic mass is 15.0. The van der Waals surface area contributed by atoms with Crippen molar-refractivity contribution in [2.45, 2.75) is 13.8 Å². The van der Waals surface area contributed by atoms with Gasteiger partial charge < -0.3 is 11.5 Å². The highest BCUT2D eigenvalue weighted by Crippen LogP contribution is 2.16. The van der Waals surface area contributed by atoms with E-state index in [1.165, 1.54) is 0 Å². The zero-order valence-corrected chi connectivity index (χ0v) is 7.94. The van der Waals surface area contributed by atoms with Gasteiger partial charge in [0.25, 0.3) is 0 Å². The summed E-state index contributed by atoms with van der Waals surface area (Å²) in [7, 11) is 0. The van der Waals surface area contributed by atoms with E-state index in [4.69, 9.17) is 11.5 Å². The van der Waals surface area contributed by atoms with Crippen LogP contribution in [0.25, 0.3) is 11.2 Å². The van der Waals surface area contributed by atoms with Gasteiger partial charge in [-0.2, -0.15) is 0 Å². The molecule has 0 fully saturated rings. The van der Waals surface area contributed by atoms with E-state index in [1.807, 2.05) is 6.92 Å². The summed E-state index contributed by atoms with van der Waals surface area (Å²) in [6.07, 6.45) is 0. The summed E-state index contributed by atoms with van der Waals surface area (Å²) >= 11 is 0. The fourth-order valence-electron chi connectivity index (χ4n) is 1.25. The number of hydrogen-bond donors (Lipinski definition) is 2. The molecule has 2 aromatic heterocycles. The minimum absolute atomic E-state index is 0.204. The monoisotopic (exact) mass is 190 g/mol. The van der Waals surface area contributed by atoms with Crippen molar-refractivity contribution in [1.29, 1.82) is 0 Å². The van der Waals surface area contributed by atoms with E-state index in [1.54, 1.807) is 6.92 Å². The molecule has 0 aliphatic carbocycles. The van der Waals surface area contributed by atoms with E-state index in [0.29, 0.717) is 17.0 Å². The molecule has 0 aliphatic rings. The maximum atomic E-state index is 5.54. The van der Waals surface area contributed by atoms with Gasteiger partial charge in [0.1, 0.15) is 11.3 Å². The van der Waals surface area contributed by atoms with Crippen molar-refractivity contribution >= 4 is 22.8 Å². The van der Waals surface area contributed by atoms with E-state index < -0.39 is 0 Å². The zero-order chi connectivity index (χ0) is 10.3. The fourth-order valence-corrected chi connectivity index (χ4v) is 1.25. The number of aromatic nitrogens is 4. The number of anilines is 2. The van der Waals surface area contributed by atoms with E-state index in [9.17, 15) is 0 Å². The summed E-state index contributed by atoms with van der Waals surface area (Å²) in [5.41, 5.74) is 12.9. The minimum atomic E-state index is 0.204. The molecular formula is C8H10N6. The summed E-state index contributed by atoms with van der Waals surface area (Å²) in [5, 5.41) is 0. The van der Waals surface area contributed by atoms with Crippen molar-refractivity contribution in [3.63, 3.8) is 0 Å². The van der Waals surface area contributed by atoms with E-state index in [2.05, 4.69) is 19.9 Å². The molecular weight excluding hydrogens is 180 g/mol. The van der Waals surface area contributed by atoms with E-state index >= 15 is 0 Å². The molecule has 2 aromatic rings. The third kappa shape index (κ3) is 1.20. The van der Waals surface area contributed by atoms with E-state index in [-0.39, 0.29) is 11.6 Å². The highest BCUT2D eigenvalue weighted by molar-refractivity contribution is 5.77. The number of hydrogen-bond acceptors (Lipinski definition) is 6. The Hall–Kier alpha value is -1.98. The first-order valence-corrected chi connectivity index (χ1v) is 4.12. The molecule has 0 aromatic carbocycles. The van der Waals surface area contributed by atoms with Crippen LogP contribution in [0.15, 0.2) is 0 Å². The standard InChI is InChI=1S/C8H10N6/c1-3-5-8(12-4(2)11-3)14-7(10)6(9)13-5/h1-2H3,(H2,9,13)(H2,10,11,12,14). The van der Waals surface area contributed by atoms with Gasteiger partial charge >= 0.3 is 0 Å². The molecule has 6 heteroatoms. The molecule has 0 spiro atoms. The molecule has 0 aliphatic heterocycles. The Morgan fingerprint density at radius 2 is 1.50 bits per heavy atom. The second kappa shape index (κ2) is 2.76. The van der Waals surface area contributed by atoms with Crippen molar-refractivity contribution in [2.75, 3.05) is 11.5 Å². The number of aryl methyl sites for hydroxylation is 2. The molecule has 2 heterocycles. The summed E-state index contributed by atoms with van der Waals surface area (Å²) in [4.78, 5) is 16.4. The van der Waals surface area contributed by atoms with Gasteiger partial charge in [-0.25, -0.2) is 19.9 Å². The maximum absolute atomic E-state index is 5.54. The molecule has 14 heavy (non-hydrogen) atoms. The van der Waals surface area contributed by atoms with Gasteiger partial charge in [0.2, 0.25) is 0 Å². The molecule has 72 valence electrons. The Morgan fingerprint density at radius 3 is 2.21 bits per heavy atom. The van der Waals surface area contributed by atoms with Crippen LogP contribution in [0.3, 0.4) is 0 Å². The number of nitrogen functional groups attached to an aromatic ring is 2. The van der Waals surface area contributed by atoms with Crippen molar-refractivity contribution in [2.24, 2.45) is 0 Å². The Bertz CT molecular complexity index is 507. The molecule has 0 amide bonds. The van der Waals surface area contributed by atoms with E-state index in [0.717, 1.165) is 5.69 Å². The summed E-state index contributed by atoms with van der Waals surface area (Å²) < 4.78 is 0. The zero-order valence-electron chi connectivity index (χ0n) is 7.94. The molecule has 0 atom stereocenters. The summed E-state index contributed by atoms with van der Waals surface area (Å²) in [5.74, 6) is 1.07. The van der Waals surface area contributed by atoms with Crippen LogP contribution in [-0.2, 0) is 0 Å². The Labute approximate surface area is 80.4 Å². The summed E-state index contributed by atoms with van der Waals surface area (Å²) in [6.45, 7) is 3.63. The van der Waals surface area contributed by atoms with Crippen LogP contribution in [0.2, 0.25) is 0 Å². The number of rotatable bonds is 0. The first-order chi connectivity index (χ1) is 6.58. The van der Waals surface area contributed by atoms with Crippen LogP contribution < -0.4 is 11.5 Å². The van der Waals surface area contributed by atoms with Crippen molar-refractivity contribution in [3.8, 4) is 0 Å². The number of nitrogens with zero attached hydrogens (tertiary/aromatic N) is 4. The summed E-state index contributed by atoms with van der Waals surface area (Å²) in [6, 6.07) is 0. The topological polar surface area (TPSA) is 104 Å². The van der Waals surface area contributed by atoms with Gasteiger partial charge in [-0.15, -0.1) is 0 Å². The molecule has 0 radical (unpaired) electrons. The van der Waals surface area contributed by atoms with Crippen LogP contribution in [0.5, 0.6) is 0 Å². The third-order valence-electron chi connectivity index (χ3n) is 1.87. The second-order valence-corrected chi connectivity index (χ2v) is 3.02. The average Bonchev–Trinajstić information content (AvgIpc) is 2.08. The second-order valence-electron chi connectivity index (χ2n) is 3.02. The quantitative estimate of drug-likeness (QED) is 0.615. The van der Waals surface area contributed by atoms with Crippen molar-refractivity contribution in [3.05, 3.63) is 11.5 Å². The van der Waals surface area contributed by atoms with Crippen LogP contribution in [0.4, 0.5) is 11.6 Å². The van der Waals surface area contributed by atoms with Crippen molar-refractivity contribution in [1.82, 2.24) is 19.9 Å². The largest absolute Gasteiger partial charge is 0.381 e. The van der Waals surface area contributed by atoms with Gasteiger partial charge in [0.15, 0.2) is 17.3 Å². The van der Waals surface area contributed by atoms with Gasteiger partial charge in [0.05, 0.1) is 5.69 Å². The maximum Gasteiger partial charge on any atom is 0.184 e. The van der Waals surface area contributed by atoms with Crippen LogP contribution >= 0.6 is 0 Å². The lowest BCUT2D eigenvalue weighted by atomic mass is 10.3. The Balaban J connectivity index is 2.89. The van der Waals surface area contributed by atoms with Crippen LogP contribution in [-0.4, -0.2) is 19.9 Å². The van der Waals surface area contributed by atoms with Crippen LogP contribution in [0.1, 0.15) is 11.5 Å². The lowest BCUT2D eigenvalue weighted by Crippen LogP contribution is -2.05. The molecule has 0 unspecified atom stereocenters. The lowest BCUT2D eigenvalue weighted by Gasteiger charge is -2.03. The third-order valence-corrected chi connectivity index (χ3v) is 1.87. The molecule has 0 saturated carbocycles. The molecule has 2 rings (SSSR count). The van der Waals surface area contributed by atoms with Gasteiger partial charge in [0, 0.05) is 0 Å². The fraction of sp³-hybridized carbons (Fsp3) is 0.250. The minimum Gasteiger partial charge on any atom is -0.381 e. The van der Waals surface area contributed by atoms with Crippen molar-refractivity contribution < 1.29 is 0 Å². The smallest absolute Gasteiger partial charge is 0.184 e. The number of nitrogens with two attached hydrogens (primary N) is 2. The molecule has 6 nitrogen and oxygen atoms in total. The first kappa shape index (κ1) is 8.61. The normalized spacial score (nSPS) is 10.7. The average molecular weight is 190 g/mol. The molecule has 4 N–H and O–H groups in total. The lowest BCUT2D eigenvalue weighted by molar-refractivity contribution is 1.02. The highest BCUT2D eigenvalue weighted by Gasteiger charge is 2.07. The Morgan fingerprint density at radius 1 is 0.857 bits per heavy atom. The van der Waals surface area contributed by atoms with Gasteiger partial charge in [-0.1, -0.05) is 0 Å². The first-order valence-electron chi connectivity index (χ1n) is 4.12. The molecule has 0 bridgehead atoms. The molecule has 0 saturated heterocycles. The Kier molecular flexibility index (Phi) is 1.70. The predicted octanol–water partition coefficient (Wildman–Crippen LogP) is 0.201. The van der Waals surface area contributed by atoms with Gasteiger partial charge in [-0.3, -0.25) is 0 Å². The van der Waals surface area contributed by atoms with Gasteiger partial charge in [-0.05, 0) is 13.8 Å². The SMILES string of the molecule is Cc1nc(C)c2nc(N)c(N)nc2n1.